The number of carbonyl (C=O) groups excluding carboxylic acids is 2. The van der Waals surface area contributed by atoms with Crippen LogP contribution >= 0.6 is 0 Å². The summed E-state index contributed by atoms with van der Waals surface area (Å²) in [7, 11) is 0. The number of carbonyl (C=O) groups is 2. The zero-order valence-electron chi connectivity index (χ0n) is 8.67. The van der Waals surface area contributed by atoms with Crippen molar-refractivity contribution in [3.63, 3.8) is 0 Å². The van der Waals surface area contributed by atoms with Crippen LogP contribution in [-0.4, -0.2) is 38.2 Å². The first-order valence-corrected chi connectivity index (χ1v) is 4.66. The fourth-order valence-electron chi connectivity index (χ4n) is 0.731. The van der Waals surface area contributed by atoms with E-state index >= 15 is 0 Å². The topological polar surface area (TPSA) is 64.6 Å². The maximum absolute atomic E-state index is 10.7. The first-order chi connectivity index (χ1) is 6.66. The molecule has 0 aliphatic carbocycles. The fraction of sp³-hybridized carbons (Fsp3) is 0.778. The summed E-state index contributed by atoms with van der Waals surface area (Å²) < 4.78 is 9.49. The van der Waals surface area contributed by atoms with Crippen LogP contribution in [0.5, 0.6) is 0 Å². The molecule has 1 N–H and O–H groups in total. The molecule has 0 bridgehead atoms. The van der Waals surface area contributed by atoms with Crippen molar-refractivity contribution in [2.75, 3.05) is 26.3 Å². The summed E-state index contributed by atoms with van der Waals surface area (Å²) in [6.45, 7) is 4.96. The van der Waals surface area contributed by atoms with Gasteiger partial charge in [0.1, 0.15) is 13.2 Å². The number of rotatable bonds is 7. The molecule has 0 unspecified atom stereocenters. The van der Waals surface area contributed by atoms with Crippen LogP contribution in [0.1, 0.15) is 20.3 Å². The Morgan fingerprint density at radius 3 is 2.21 bits per heavy atom. The minimum Gasteiger partial charge on any atom is -0.465 e. The van der Waals surface area contributed by atoms with Gasteiger partial charge in [0.05, 0.1) is 0 Å². The minimum absolute atomic E-state index is 0.202. The van der Waals surface area contributed by atoms with Gasteiger partial charge in [-0.05, 0) is 0 Å². The molecule has 0 spiro atoms. The molecular weight excluding hydrogens is 186 g/mol. The van der Waals surface area contributed by atoms with E-state index in [9.17, 15) is 9.59 Å². The Balaban J connectivity index is 3.06. The summed E-state index contributed by atoms with van der Waals surface area (Å²) in [5, 5.41) is 2.97. The van der Waals surface area contributed by atoms with Crippen molar-refractivity contribution in [2.45, 2.75) is 20.3 Å². The minimum atomic E-state index is -0.288. The van der Waals surface area contributed by atoms with Crippen LogP contribution in [0.25, 0.3) is 0 Å². The molecule has 14 heavy (non-hydrogen) atoms. The molecule has 0 aliphatic heterocycles. The normalized spacial score (nSPS) is 9.57. The van der Waals surface area contributed by atoms with E-state index in [2.05, 4.69) is 10.1 Å². The second kappa shape index (κ2) is 8.50. The molecule has 0 aromatic rings. The lowest BCUT2D eigenvalue weighted by Crippen LogP contribution is -2.25. The van der Waals surface area contributed by atoms with Crippen LogP contribution in [0.15, 0.2) is 0 Å². The van der Waals surface area contributed by atoms with E-state index in [1.165, 1.54) is 6.92 Å². The molecule has 0 rings (SSSR count). The van der Waals surface area contributed by atoms with Gasteiger partial charge in [0.2, 0.25) is 0 Å². The summed E-state index contributed by atoms with van der Waals surface area (Å²) in [4.78, 5) is 21.0. The van der Waals surface area contributed by atoms with Gasteiger partial charge in [-0.1, -0.05) is 6.92 Å². The number of nitrogens with one attached hydrogen (secondary N) is 1. The fourth-order valence-corrected chi connectivity index (χ4v) is 0.731. The molecular formula is C9H17NO4. The molecule has 0 heterocycles. The average molecular weight is 203 g/mol. The number of hydrogen-bond acceptors (Lipinski definition) is 5. The number of ether oxygens (including phenoxy) is 2. The largest absolute Gasteiger partial charge is 0.465 e. The molecule has 0 aromatic heterocycles. The lowest BCUT2D eigenvalue weighted by Gasteiger charge is -2.05. The number of esters is 2. The van der Waals surface area contributed by atoms with Crippen molar-refractivity contribution in [3.05, 3.63) is 0 Å². The van der Waals surface area contributed by atoms with Crippen molar-refractivity contribution >= 4 is 11.9 Å². The Labute approximate surface area is 83.8 Å². The zero-order chi connectivity index (χ0) is 10.8. The molecule has 0 aromatic carbocycles. The van der Waals surface area contributed by atoms with Gasteiger partial charge in [0.25, 0.3) is 0 Å². The Hall–Kier alpha value is -1.10. The van der Waals surface area contributed by atoms with E-state index in [1.807, 2.05) is 0 Å². The predicted molar refractivity (Wildman–Crippen MR) is 50.8 cm³/mol. The van der Waals surface area contributed by atoms with E-state index in [1.54, 1.807) is 6.92 Å². The maximum Gasteiger partial charge on any atom is 0.305 e. The summed E-state index contributed by atoms with van der Waals surface area (Å²) in [6, 6.07) is 0. The molecule has 0 amide bonds. The van der Waals surface area contributed by atoms with Gasteiger partial charge in [0.15, 0.2) is 0 Å². The Kier molecular flexibility index (Phi) is 7.83. The van der Waals surface area contributed by atoms with Gasteiger partial charge >= 0.3 is 11.9 Å². The number of hydrogen-bond donors (Lipinski definition) is 1. The third kappa shape index (κ3) is 8.99. The van der Waals surface area contributed by atoms with Gasteiger partial charge < -0.3 is 14.8 Å². The van der Waals surface area contributed by atoms with E-state index in [0.717, 1.165) is 0 Å². The highest BCUT2D eigenvalue weighted by atomic mass is 16.5. The van der Waals surface area contributed by atoms with Crippen molar-refractivity contribution in [1.82, 2.24) is 5.32 Å². The van der Waals surface area contributed by atoms with Crippen LogP contribution in [0, 0.1) is 0 Å². The molecule has 5 heteroatoms. The lowest BCUT2D eigenvalue weighted by molar-refractivity contribution is -0.143. The van der Waals surface area contributed by atoms with Gasteiger partial charge in [-0.2, -0.15) is 0 Å². The van der Waals surface area contributed by atoms with Crippen LogP contribution in [0.4, 0.5) is 0 Å². The van der Waals surface area contributed by atoms with E-state index in [4.69, 9.17) is 4.74 Å². The zero-order valence-corrected chi connectivity index (χ0v) is 8.67. The van der Waals surface area contributed by atoms with E-state index in [-0.39, 0.29) is 11.9 Å². The molecule has 5 nitrogen and oxygen atoms in total. The first-order valence-electron chi connectivity index (χ1n) is 4.66. The summed E-state index contributed by atoms with van der Waals surface area (Å²) in [5.74, 6) is -0.490. The molecule has 0 radical (unpaired) electrons. The van der Waals surface area contributed by atoms with E-state index < -0.39 is 0 Å². The standard InChI is InChI=1S/C9H17NO4/c1-3-9(12)14-7-5-10-4-6-13-8(2)11/h10H,3-7H2,1-2H3. The summed E-state index contributed by atoms with van der Waals surface area (Å²) in [6.07, 6.45) is 0.396. The molecule has 0 saturated heterocycles. The molecule has 82 valence electrons. The van der Waals surface area contributed by atoms with Crippen LogP contribution < -0.4 is 5.32 Å². The monoisotopic (exact) mass is 203 g/mol. The maximum atomic E-state index is 10.7. The molecule has 0 saturated carbocycles. The SMILES string of the molecule is CCC(=O)OCCNCCOC(C)=O. The van der Waals surface area contributed by atoms with Crippen molar-refractivity contribution in [1.29, 1.82) is 0 Å². The van der Waals surface area contributed by atoms with E-state index in [0.29, 0.717) is 32.7 Å². The Morgan fingerprint density at radius 1 is 1.14 bits per heavy atom. The predicted octanol–water partition coefficient (Wildman–Crippen LogP) is 0.0923. The van der Waals surface area contributed by atoms with Crippen molar-refractivity contribution in [3.8, 4) is 0 Å². The van der Waals surface area contributed by atoms with Gasteiger partial charge in [-0.3, -0.25) is 9.59 Å². The first kappa shape index (κ1) is 12.9. The average Bonchev–Trinajstić information content (AvgIpc) is 2.15. The molecule has 0 aliphatic rings. The Bertz CT molecular complexity index is 182. The van der Waals surface area contributed by atoms with Gasteiger partial charge in [-0.25, -0.2) is 0 Å². The quantitative estimate of drug-likeness (QED) is 0.469. The summed E-state index contributed by atoms with van der Waals surface area (Å²) >= 11 is 0. The van der Waals surface area contributed by atoms with Crippen molar-refractivity contribution in [2.24, 2.45) is 0 Å². The van der Waals surface area contributed by atoms with Gasteiger partial charge in [0, 0.05) is 26.4 Å². The highest BCUT2D eigenvalue weighted by Crippen LogP contribution is 1.82. The second-order valence-electron chi connectivity index (χ2n) is 2.66. The van der Waals surface area contributed by atoms with Crippen molar-refractivity contribution < 1.29 is 19.1 Å². The lowest BCUT2D eigenvalue weighted by atomic mass is 10.5. The molecule has 0 atom stereocenters. The smallest absolute Gasteiger partial charge is 0.305 e. The summed E-state index contributed by atoms with van der Waals surface area (Å²) in [5.41, 5.74) is 0. The molecule has 0 fully saturated rings. The third-order valence-corrected chi connectivity index (χ3v) is 1.41. The highest BCUT2D eigenvalue weighted by molar-refractivity contribution is 5.68. The highest BCUT2D eigenvalue weighted by Gasteiger charge is 1.96. The van der Waals surface area contributed by atoms with Crippen LogP contribution in [0.2, 0.25) is 0 Å². The third-order valence-electron chi connectivity index (χ3n) is 1.41. The van der Waals surface area contributed by atoms with Crippen LogP contribution in [-0.2, 0) is 19.1 Å². The Morgan fingerprint density at radius 2 is 1.71 bits per heavy atom. The second-order valence-corrected chi connectivity index (χ2v) is 2.66. The van der Waals surface area contributed by atoms with Crippen LogP contribution in [0.3, 0.4) is 0 Å². The van der Waals surface area contributed by atoms with Gasteiger partial charge in [-0.15, -0.1) is 0 Å².